The van der Waals surface area contributed by atoms with E-state index in [2.05, 4.69) is 58.4 Å². The first kappa shape index (κ1) is 21.5. The maximum atomic E-state index is 5.60. The number of ether oxygens (including phenoxy) is 1. The molecule has 1 aromatic rings. The van der Waals surface area contributed by atoms with Gasteiger partial charge in [0.05, 0.1) is 12.7 Å². The fraction of sp³-hybridized carbons (Fsp3) is 0.714. The van der Waals surface area contributed by atoms with Crippen molar-refractivity contribution in [3.63, 3.8) is 0 Å². The van der Waals surface area contributed by atoms with E-state index in [1.807, 2.05) is 13.2 Å². The number of pyridine rings is 1. The van der Waals surface area contributed by atoms with Gasteiger partial charge in [-0.15, -0.1) is 0 Å². The molecule has 1 saturated heterocycles. The molecule has 2 heterocycles. The molecule has 1 aliphatic heterocycles. The third-order valence-electron chi connectivity index (χ3n) is 5.16. The molecule has 152 valence electrons. The van der Waals surface area contributed by atoms with Crippen LogP contribution in [0.15, 0.2) is 23.3 Å². The lowest BCUT2D eigenvalue weighted by molar-refractivity contribution is 0.0529. The van der Waals surface area contributed by atoms with Gasteiger partial charge in [-0.25, -0.2) is 4.98 Å². The third-order valence-corrected chi connectivity index (χ3v) is 5.16. The quantitative estimate of drug-likeness (QED) is 0.513. The van der Waals surface area contributed by atoms with E-state index in [9.17, 15) is 0 Å². The van der Waals surface area contributed by atoms with E-state index < -0.39 is 0 Å². The monoisotopic (exact) mass is 375 g/mol. The first-order chi connectivity index (χ1) is 13.2. The summed E-state index contributed by atoms with van der Waals surface area (Å²) in [6.07, 6.45) is 7.26. The number of aliphatic imine (C=N–C) groups is 1. The lowest BCUT2D eigenvalue weighted by atomic mass is 9.99. The van der Waals surface area contributed by atoms with Crippen molar-refractivity contribution in [2.45, 2.75) is 59.1 Å². The highest BCUT2D eigenvalue weighted by molar-refractivity contribution is 5.79. The number of hydrogen-bond acceptors (Lipinski definition) is 4. The van der Waals surface area contributed by atoms with Gasteiger partial charge in [-0.3, -0.25) is 4.99 Å². The van der Waals surface area contributed by atoms with Gasteiger partial charge in [0.2, 0.25) is 0 Å². The van der Waals surface area contributed by atoms with Crippen LogP contribution in [0.4, 0.5) is 5.82 Å². The highest BCUT2D eigenvalue weighted by Gasteiger charge is 2.17. The van der Waals surface area contributed by atoms with E-state index >= 15 is 0 Å². The van der Waals surface area contributed by atoms with Crippen molar-refractivity contribution in [1.29, 1.82) is 0 Å². The first-order valence-corrected chi connectivity index (χ1v) is 10.4. The fourth-order valence-corrected chi connectivity index (χ4v) is 3.33. The predicted octanol–water partition coefficient (Wildman–Crippen LogP) is 3.19. The molecular formula is C21H37N5O. The summed E-state index contributed by atoms with van der Waals surface area (Å²) in [5.74, 6) is 2.59. The minimum atomic E-state index is 0.264. The maximum absolute atomic E-state index is 5.60. The second-order valence-electron chi connectivity index (χ2n) is 7.38. The maximum Gasteiger partial charge on any atom is 0.191 e. The normalized spacial score (nSPS) is 19.0. The number of hydrogen-bond donors (Lipinski definition) is 2. The molecule has 2 atom stereocenters. The van der Waals surface area contributed by atoms with Crippen LogP contribution in [0, 0.1) is 5.92 Å². The average Bonchev–Trinajstić information content (AvgIpc) is 2.70. The fourth-order valence-electron chi connectivity index (χ4n) is 3.33. The SMILES string of the molecule is CCCCC(CC)CNC(=NC)NCc1ccc(N2CCOC(C)C2)nc1. The van der Waals surface area contributed by atoms with Crippen molar-refractivity contribution in [3.8, 4) is 0 Å². The second kappa shape index (κ2) is 11.8. The van der Waals surface area contributed by atoms with Gasteiger partial charge in [0.15, 0.2) is 5.96 Å². The minimum absolute atomic E-state index is 0.264. The standard InChI is InChI=1S/C21H37N5O/c1-5-7-8-18(6-2)13-24-21(22-4)25-15-19-9-10-20(23-14-19)26-11-12-27-17(3)16-26/h9-10,14,17-18H,5-8,11-13,15-16H2,1-4H3,(H2,22,24,25). The smallest absolute Gasteiger partial charge is 0.191 e. The van der Waals surface area contributed by atoms with E-state index in [0.717, 1.165) is 50.1 Å². The van der Waals surface area contributed by atoms with Gasteiger partial charge < -0.3 is 20.3 Å². The molecule has 6 heteroatoms. The third kappa shape index (κ3) is 7.37. The zero-order chi connectivity index (χ0) is 19.5. The molecular weight excluding hydrogens is 338 g/mol. The molecule has 0 bridgehead atoms. The summed E-state index contributed by atoms with van der Waals surface area (Å²) in [4.78, 5) is 11.3. The van der Waals surface area contributed by atoms with Crippen LogP contribution in [0.25, 0.3) is 0 Å². The van der Waals surface area contributed by atoms with E-state index in [0.29, 0.717) is 5.92 Å². The van der Waals surface area contributed by atoms with Gasteiger partial charge >= 0.3 is 0 Å². The van der Waals surface area contributed by atoms with Gasteiger partial charge in [0, 0.05) is 39.4 Å². The summed E-state index contributed by atoms with van der Waals surface area (Å²) in [6, 6.07) is 4.24. The lowest BCUT2D eigenvalue weighted by Gasteiger charge is -2.32. The number of morpholine rings is 1. The summed E-state index contributed by atoms with van der Waals surface area (Å²) in [7, 11) is 1.82. The van der Waals surface area contributed by atoms with Crippen molar-refractivity contribution in [2.75, 3.05) is 38.2 Å². The van der Waals surface area contributed by atoms with Crippen LogP contribution in [0.2, 0.25) is 0 Å². The van der Waals surface area contributed by atoms with Crippen LogP contribution in [0.5, 0.6) is 0 Å². The number of rotatable bonds is 9. The molecule has 0 radical (unpaired) electrons. The lowest BCUT2D eigenvalue weighted by Crippen LogP contribution is -2.41. The van der Waals surface area contributed by atoms with Crippen LogP contribution < -0.4 is 15.5 Å². The molecule has 1 aliphatic rings. The molecule has 2 N–H and O–H groups in total. The van der Waals surface area contributed by atoms with Gasteiger partial charge in [-0.1, -0.05) is 39.2 Å². The zero-order valence-electron chi connectivity index (χ0n) is 17.5. The van der Waals surface area contributed by atoms with E-state index in [4.69, 9.17) is 4.74 Å². The Labute approximate surface area is 164 Å². The highest BCUT2D eigenvalue weighted by atomic mass is 16.5. The number of unbranched alkanes of at least 4 members (excludes halogenated alkanes) is 1. The van der Waals surface area contributed by atoms with Crippen LogP contribution in [0.1, 0.15) is 52.0 Å². The van der Waals surface area contributed by atoms with Gasteiger partial charge in [-0.2, -0.15) is 0 Å². The molecule has 2 unspecified atom stereocenters. The summed E-state index contributed by atoms with van der Waals surface area (Å²) in [5, 5.41) is 6.86. The Kier molecular flexibility index (Phi) is 9.39. The second-order valence-corrected chi connectivity index (χ2v) is 7.38. The Balaban J connectivity index is 1.78. The van der Waals surface area contributed by atoms with Crippen molar-refractivity contribution in [1.82, 2.24) is 15.6 Å². The molecule has 27 heavy (non-hydrogen) atoms. The summed E-state index contributed by atoms with van der Waals surface area (Å²) in [5.41, 5.74) is 1.15. The molecule has 0 spiro atoms. The Morgan fingerprint density at radius 1 is 1.37 bits per heavy atom. The number of aromatic nitrogens is 1. The molecule has 2 rings (SSSR count). The van der Waals surface area contributed by atoms with E-state index in [1.165, 1.54) is 25.7 Å². The van der Waals surface area contributed by atoms with Crippen molar-refractivity contribution >= 4 is 11.8 Å². The number of nitrogens with one attached hydrogen (secondary N) is 2. The molecule has 0 amide bonds. The highest BCUT2D eigenvalue weighted by Crippen LogP contribution is 2.15. The van der Waals surface area contributed by atoms with Crippen LogP contribution in [0.3, 0.4) is 0 Å². The summed E-state index contributed by atoms with van der Waals surface area (Å²) in [6.45, 7) is 10.9. The first-order valence-electron chi connectivity index (χ1n) is 10.4. The van der Waals surface area contributed by atoms with Crippen molar-refractivity contribution in [2.24, 2.45) is 10.9 Å². The van der Waals surface area contributed by atoms with E-state index in [-0.39, 0.29) is 6.10 Å². The number of anilines is 1. The summed E-state index contributed by atoms with van der Waals surface area (Å²) < 4.78 is 5.60. The topological polar surface area (TPSA) is 61.8 Å². The van der Waals surface area contributed by atoms with Crippen LogP contribution >= 0.6 is 0 Å². The van der Waals surface area contributed by atoms with Crippen molar-refractivity contribution < 1.29 is 4.74 Å². The molecule has 0 aromatic carbocycles. The largest absolute Gasteiger partial charge is 0.375 e. The zero-order valence-corrected chi connectivity index (χ0v) is 17.5. The molecule has 1 fully saturated rings. The van der Waals surface area contributed by atoms with Crippen LogP contribution in [-0.2, 0) is 11.3 Å². The minimum Gasteiger partial charge on any atom is -0.375 e. The number of guanidine groups is 1. The molecule has 6 nitrogen and oxygen atoms in total. The Bertz CT molecular complexity index is 560. The van der Waals surface area contributed by atoms with Crippen LogP contribution in [-0.4, -0.2) is 50.3 Å². The Hall–Kier alpha value is -1.82. The summed E-state index contributed by atoms with van der Waals surface area (Å²) >= 11 is 0. The van der Waals surface area contributed by atoms with Gasteiger partial charge in [0.1, 0.15) is 5.82 Å². The molecule has 0 aliphatic carbocycles. The Morgan fingerprint density at radius 2 is 2.22 bits per heavy atom. The predicted molar refractivity (Wildman–Crippen MR) is 113 cm³/mol. The molecule has 1 aromatic heterocycles. The Morgan fingerprint density at radius 3 is 2.85 bits per heavy atom. The molecule has 0 saturated carbocycles. The van der Waals surface area contributed by atoms with Gasteiger partial charge in [0.25, 0.3) is 0 Å². The van der Waals surface area contributed by atoms with E-state index in [1.54, 1.807) is 0 Å². The van der Waals surface area contributed by atoms with Gasteiger partial charge in [-0.05, 0) is 30.9 Å². The average molecular weight is 376 g/mol. The number of nitrogens with zero attached hydrogens (tertiary/aromatic N) is 3. The van der Waals surface area contributed by atoms with Crippen molar-refractivity contribution in [3.05, 3.63) is 23.9 Å².